The molecule has 0 bridgehead atoms. The second-order valence-corrected chi connectivity index (χ2v) is 10.1. The summed E-state index contributed by atoms with van der Waals surface area (Å²) in [5.74, 6) is 0. The van der Waals surface area contributed by atoms with Crippen LogP contribution in [-0.2, 0) is 9.47 Å². The van der Waals surface area contributed by atoms with Crippen LogP contribution in [0.1, 0.15) is 31.2 Å². The number of hydrogen-bond donors (Lipinski definition) is 3. The molecule has 0 aromatic carbocycles. The van der Waals surface area contributed by atoms with E-state index < -0.39 is 35.8 Å². The summed E-state index contributed by atoms with van der Waals surface area (Å²) >= 11 is 4.29. The first-order chi connectivity index (χ1) is 10.9. The van der Waals surface area contributed by atoms with E-state index in [0.717, 1.165) is 0 Å². The maximum absolute atomic E-state index is 12.1. The second kappa shape index (κ2) is 8.38. The molecule has 1 saturated heterocycles. The normalized spacial score (nSPS) is 25.9. The summed E-state index contributed by atoms with van der Waals surface area (Å²) in [6.45, 7) is 1.92. The summed E-state index contributed by atoms with van der Waals surface area (Å²) in [5, 5.41) is 19.0. The Morgan fingerprint density at radius 3 is 2.74 bits per heavy atom. The number of halogens is 2. The maximum Gasteiger partial charge on any atom is 0.330 e. The van der Waals surface area contributed by atoms with Crippen molar-refractivity contribution in [2.45, 2.75) is 39.8 Å². The highest BCUT2D eigenvalue weighted by atomic mass is 127. The molecule has 1 aliphatic rings. The lowest BCUT2D eigenvalue weighted by Gasteiger charge is -2.20. The van der Waals surface area contributed by atoms with Crippen LogP contribution < -0.4 is 11.2 Å². The fourth-order valence-electron chi connectivity index (χ4n) is 2.45. The third kappa shape index (κ3) is 4.34. The third-order valence-corrected chi connectivity index (χ3v) is 4.88. The number of nitrogens with zero attached hydrogens (tertiary/aromatic N) is 1. The third-order valence-electron chi connectivity index (χ3n) is 3.57. The van der Waals surface area contributed by atoms with E-state index >= 15 is 0 Å². The van der Waals surface area contributed by atoms with Crippen LogP contribution in [0.5, 0.6) is 0 Å². The fourth-order valence-corrected chi connectivity index (χ4v) is 3.64. The van der Waals surface area contributed by atoms with Crippen LogP contribution >= 0.6 is 45.2 Å². The van der Waals surface area contributed by atoms with E-state index in [4.69, 9.17) is 14.6 Å². The molecular weight excluding hydrogens is 534 g/mol. The van der Waals surface area contributed by atoms with E-state index in [0.29, 0.717) is 12.2 Å². The highest BCUT2D eigenvalue weighted by Crippen LogP contribution is 2.31. The van der Waals surface area contributed by atoms with Gasteiger partial charge in [0.05, 0.1) is 20.2 Å². The number of alkyl halides is 2. The molecule has 0 amide bonds. The zero-order chi connectivity index (χ0) is 17.1. The van der Waals surface area contributed by atoms with Crippen molar-refractivity contribution in [1.82, 2.24) is 9.55 Å². The van der Waals surface area contributed by atoms with Gasteiger partial charge in [-0.3, -0.25) is 14.3 Å². The van der Waals surface area contributed by atoms with E-state index in [1.54, 1.807) is 0 Å². The van der Waals surface area contributed by atoms with Gasteiger partial charge in [-0.25, -0.2) is 4.79 Å². The van der Waals surface area contributed by atoms with Crippen molar-refractivity contribution in [2.24, 2.45) is 0 Å². The highest BCUT2D eigenvalue weighted by molar-refractivity contribution is 14.2. The minimum absolute atomic E-state index is 0.0162. The number of aliphatic hydroxyl groups excluding tert-OH is 2. The molecule has 1 unspecified atom stereocenters. The molecule has 1 fully saturated rings. The van der Waals surface area contributed by atoms with E-state index in [1.807, 2.05) is 6.92 Å². The van der Waals surface area contributed by atoms with Crippen LogP contribution in [0.3, 0.4) is 0 Å². The zero-order valence-electron chi connectivity index (χ0n) is 12.3. The van der Waals surface area contributed by atoms with E-state index in [1.165, 1.54) is 10.8 Å². The van der Waals surface area contributed by atoms with Crippen LogP contribution in [-0.4, -0.2) is 47.1 Å². The topological polar surface area (TPSA) is 114 Å². The van der Waals surface area contributed by atoms with Gasteiger partial charge in [-0.2, -0.15) is 0 Å². The van der Waals surface area contributed by atoms with Crippen molar-refractivity contribution < 1.29 is 19.7 Å². The van der Waals surface area contributed by atoms with Gasteiger partial charge in [0.15, 0.2) is 0 Å². The number of nitrogens with one attached hydrogen (secondary N) is 1. The Balaban J connectivity index is 2.41. The molecule has 0 saturated carbocycles. The van der Waals surface area contributed by atoms with Gasteiger partial charge in [0, 0.05) is 19.2 Å². The van der Waals surface area contributed by atoms with Crippen molar-refractivity contribution in [2.75, 3.05) is 13.2 Å². The number of aromatic amines is 1. The lowest BCUT2D eigenvalue weighted by atomic mass is 10.2. The predicted octanol–water partition coefficient (Wildman–Crippen LogP) is 0.451. The molecule has 0 aliphatic carbocycles. The Morgan fingerprint density at radius 1 is 1.52 bits per heavy atom. The molecule has 1 aromatic rings. The van der Waals surface area contributed by atoms with Crippen LogP contribution in [0.15, 0.2) is 15.8 Å². The van der Waals surface area contributed by atoms with Gasteiger partial charge >= 0.3 is 5.69 Å². The molecule has 130 valence electrons. The monoisotopic (exact) mass is 552 g/mol. The van der Waals surface area contributed by atoms with Gasteiger partial charge in [0.1, 0.15) is 18.4 Å². The van der Waals surface area contributed by atoms with Crippen LogP contribution in [0, 0.1) is 0 Å². The SMILES string of the molecule is CCOC(c1cn([C@H]2C[C@H](O)[C@@H](CO)O2)c(=O)[nH]c1=O)C(I)I. The quantitative estimate of drug-likeness (QED) is 0.349. The molecule has 23 heavy (non-hydrogen) atoms. The number of rotatable bonds is 6. The van der Waals surface area contributed by atoms with Gasteiger partial charge in [-0.1, -0.05) is 45.2 Å². The average molecular weight is 552 g/mol. The van der Waals surface area contributed by atoms with E-state index in [2.05, 4.69) is 50.2 Å². The molecule has 2 rings (SSSR count). The fraction of sp³-hybridized carbons (Fsp3) is 0.692. The van der Waals surface area contributed by atoms with Crippen molar-refractivity contribution in [1.29, 1.82) is 0 Å². The summed E-state index contributed by atoms with van der Waals surface area (Å²) < 4.78 is 12.3. The minimum Gasteiger partial charge on any atom is -0.394 e. The summed E-state index contributed by atoms with van der Waals surface area (Å²) in [6, 6.07) is 0. The first kappa shape index (κ1) is 19.3. The first-order valence-corrected chi connectivity index (χ1v) is 9.57. The Kier molecular flexibility index (Phi) is 7.03. The molecule has 8 nitrogen and oxygen atoms in total. The smallest absolute Gasteiger partial charge is 0.330 e. The van der Waals surface area contributed by atoms with E-state index in [9.17, 15) is 14.7 Å². The average Bonchev–Trinajstić information content (AvgIpc) is 2.86. The number of hydrogen-bond acceptors (Lipinski definition) is 6. The lowest BCUT2D eigenvalue weighted by molar-refractivity contribution is -0.0462. The number of ether oxygens (including phenoxy) is 2. The van der Waals surface area contributed by atoms with Gasteiger partial charge in [0.25, 0.3) is 5.56 Å². The van der Waals surface area contributed by atoms with Crippen LogP contribution in [0.4, 0.5) is 0 Å². The number of aromatic nitrogens is 2. The summed E-state index contributed by atoms with van der Waals surface area (Å²) in [7, 11) is 0. The zero-order valence-corrected chi connectivity index (χ0v) is 16.6. The first-order valence-electron chi connectivity index (χ1n) is 7.08. The summed E-state index contributed by atoms with van der Waals surface area (Å²) in [6.07, 6.45) is -1.24. The predicted molar refractivity (Wildman–Crippen MR) is 99.1 cm³/mol. The highest BCUT2D eigenvalue weighted by Gasteiger charge is 2.35. The van der Waals surface area contributed by atoms with Crippen LogP contribution in [0.25, 0.3) is 0 Å². The summed E-state index contributed by atoms with van der Waals surface area (Å²) in [4.78, 5) is 26.5. The molecular formula is C13H18I2N2O6. The molecule has 0 radical (unpaired) electrons. The van der Waals surface area contributed by atoms with Gasteiger partial charge < -0.3 is 19.7 Å². The Bertz CT molecular complexity index is 646. The van der Waals surface area contributed by atoms with Crippen molar-refractivity contribution >= 4 is 45.2 Å². The van der Waals surface area contributed by atoms with Crippen LogP contribution in [0.2, 0.25) is 0 Å². The minimum atomic E-state index is -0.864. The number of aliphatic hydroxyl groups is 2. The van der Waals surface area contributed by atoms with Gasteiger partial charge in [-0.15, -0.1) is 0 Å². The van der Waals surface area contributed by atoms with Crippen molar-refractivity contribution in [3.05, 3.63) is 32.6 Å². The van der Waals surface area contributed by atoms with E-state index in [-0.39, 0.29) is 15.0 Å². The van der Waals surface area contributed by atoms with Gasteiger partial charge in [0.2, 0.25) is 0 Å². The largest absolute Gasteiger partial charge is 0.394 e. The molecule has 0 spiro atoms. The standard InChI is InChI=1S/C13H18I2N2O6/c1-2-22-10(11(14)15)6-4-17(13(21)16-12(6)20)9-3-7(19)8(5-18)23-9/h4,7-11,18-19H,2-3,5H2,1H3,(H,16,20,21)/t7-,8+,9+,10?/m0/s1. The second-order valence-electron chi connectivity index (χ2n) is 5.08. The van der Waals surface area contributed by atoms with Gasteiger partial charge in [-0.05, 0) is 6.92 Å². The molecule has 3 N–H and O–H groups in total. The molecule has 1 aliphatic heterocycles. The van der Waals surface area contributed by atoms with Crippen molar-refractivity contribution in [3.63, 3.8) is 0 Å². The molecule has 4 atom stereocenters. The Labute approximate surface area is 159 Å². The number of H-pyrrole nitrogens is 1. The lowest BCUT2D eigenvalue weighted by Crippen LogP contribution is -2.36. The van der Waals surface area contributed by atoms with Crippen molar-refractivity contribution in [3.8, 4) is 0 Å². The summed E-state index contributed by atoms with van der Waals surface area (Å²) in [5.41, 5.74) is -0.797. The molecule has 1 aromatic heterocycles. The maximum atomic E-state index is 12.1. The molecule has 2 heterocycles. The Morgan fingerprint density at radius 2 is 2.22 bits per heavy atom. The Hall–Kier alpha value is -0.0200. The molecule has 10 heteroatoms.